The predicted molar refractivity (Wildman–Crippen MR) is 89.0 cm³/mol. The largest absolute Gasteiger partial charge is 0.362 e. The number of thiocarbonyl (C=S) groups is 1. The lowest BCUT2D eigenvalue weighted by atomic mass is 10.0. The van der Waals surface area contributed by atoms with Gasteiger partial charge in [0.2, 0.25) is 0 Å². The molecule has 1 heterocycles. The summed E-state index contributed by atoms with van der Waals surface area (Å²) < 4.78 is 0. The minimum Gasteiger partial charge on any atom is -0.362 e. The predicted octanol–water partition coefficient (Wildman–Crippen LogP) is 4.52. The summed E-state index contributed by atoms with van der Waals surface area (Å²) in [5.74, 6) is 0. The van der Waals surface area contributed by atoms with E-state index in [9.17, 15) is 0 Å². The van der Waals surface area contributed by atoms with E-state index >= 15 is 0 Å². The van der Waals surface area contributed by atoms with Gasteiger partial charge in [0.25, 0.3) is 0 Å². The Labute approximate surface area is 126 Å². The van der Waals surface area contributed by atoms with Crippen LogP contribution in [0.3, 0.4) is 0 Å². The van der Waals surface area contributed by atoms with Crippen LogP contribution < -0.4 is 0 Å². The Morgan fingerprint density at radius 3 is 2.25 bits per heavy atom. The smallest absolute Gasteiger partial charge is 0.109 e. The molecular weight excluding hydrogens is 262 g/mol. The maximum atomic E-state index is 5.68. The second kappa shape index (κ2) is 6.19. The third-order valence-corrected chi connectivity index (χ3v) is 4.35. The summed E-state index contributed by atoms with van der Waals surface area (Å²) in [6, 6.07) is 19.1. The lowest BCUT2D eigenvalue weighted by molar-refractivity contribution is 0.347. The van der Waals surface area contributed by atoms with Crippen molar-refractivity contribution < 1.29 is 0 Å². The van der Waals surface area contributed by atoms with Crippen LogP contribution in [0.25, 0.3) is 11.1 Å². The molecule has 0 radical (unpaired) electrons. The molecule has 0 aliphatic carbocycles. The van der Waals surface area contributed by atoms with E-state index in [0.717, 1.165) is 18.1 Å². The maximum absolute atomic E-state index is 5.68. The van der Waals surface area contributed by atoms with E-state index in [1.165, 1.54) is 36.0 Å². The van der Waals surface area contributed by atoms with Gasteiger partial charge in [-0.15, -0.1) is 0 Å². The first kappa shape index (κ1) is 13.3. The molecule has 0 atom stereocenters. The molecule has 0 unspecified atom stereocenters. The standard InChI is InChI=1S/C18H19NS/c20-18(19-12-5-2-6-13-19)17-11-7-10-16(14-17)15-8-3-1-4-9-15/h1,3-4,7-11,14H,2,5-6,12-13H2. The number of hydrogen-bond acceptors (Lipinski definition) is 1. The van der Waals surface area contributed by atoms with Gasteiger partial charge in [-0.05, 0) is 36.5 Å². The fourth-order valence-corrected chi connectivity index (χ4v) is 3.05. The van der Waals surface area contributed by atoms with Crippen LogP contribution in [0.4, 0.5) is 0 Å². The van der Waals surface area contributed by atoms with E-state index in [1.54, 1.807) is 0 Å². The zero-order valence-corrected chi connectivity index (χ0v) is 12.4. The molecule has 1 aliphatic heterocycles. The maximum Gasteiger partial charge on any atom is 0.109 e. The second-order valence-corrected chi connectivity index (χ2v) is 5.69. The Balaban J connectivity index is 1.85. The number of hydrogen-bond donors (Lipinski definition) is 0. The van der Waals surface area contributed by atoms with Gasteiger partial charge in [-0.3, -0.25) is 0 Å². The van der Waals surface area contributed by atoms with Gasteiger partial charge in [0.15, 0.2) is 0 Å². The van der Waals surface area contributed by atoms with Crippen LogP contribution in [-0.4, -0.2) is 23.0 Å². The lowest BCUT2D eigenvalue weighted by Gasteiger charge is -2.29. The molecule has 2 aromatic rings. The second-order valence-electron chi connectivity index (χ2n) is 5.30. The molecule has 1 aliphatic rings. The van der Waals surface area contributed by atoms with Crippen LogP contribution in [-0.2, 0) is 0 Å². The van der Waals surface area contributed by atoms with Crippen molar-refractivity contribution in [1.82, 2.24) is 4.90 Å². The van der Waals surface area contributed by atoms with Gasteiger partial charge in [0.05, 0.1) is 0 Å². The van der Waals surface area contributed by atoms with Gasteiger partial charge in [-0.2, -0.15) is 0 Å². The van der Waals surface area contributed by atoms with Crippen molar-refractivity contribution in [3.8, 4) is 11.1 Å². The summed E-state index contributed by atoms with van der Waals surface area (Å²) in [5, 5.41) is 0. The monoisotopic (exact) mass is 281 g/mol. The third kappa shape index (κ3) is 2.91. The Kier molecular flexibility index (Phi) is 4.12. The van der Waals surface area contributed by atoms with E-state index in [1.807, 2.05) is 6.07 Å². The van der Waals surface area contributed by atoms with E-state index in [0.29, 0.717) is 0 Å². The molecule has 0 aromatic heterocycles. The molecule has 0 bridgehead atoms. The van der Waals surface area contributed by atoms with Crippen molar-refractivity contribution in [2.45, 2.75) is 19.3 Å². The average Bonchev–Trinajstić information content (AvgIpc) is 2.56. The fourth-order valence-electron chi connectivity index (χ4n) is 2.74. The van der Waals surface area contributed by atoms with Gasteiger partial charge in [0.1, 0.15) is 4.99 Å². The minimum atomic E-state index is 1.00. The number of benzene rings is 2. The van der Waals surface area contributed by atoms with E-state index in [2.05, 4.69) is 53.4 Å². The van der Waals surface area contributed by atoms with Crippen LogP contribution in [0.2, 0.25) is 0 Å². The Bertz CT molecular complexity index is 585. The van der Waals surface area contributed by atoms with Gasteiger partial charge < -0.3 is 4.90 Å². The quantitative estimate of drug-likeness (QED) is 0.745. The molecule has 0 N–H and O–H groups in total. The van der Waals surface area contributed by atoms with E-state index in [-0.39, 0.29) is 0 Å². The molecule has 0 saturated carbocycles. The highest BCUT2D eigenvalue weighted by Crippen LogP contribution is 2.22. The van der Waals surface area contributed by atoms with Crippen LogP contribution in [0, 0.1) is 0 Å². The normalized spacial score (nSPS) is 15.1. The summed E-state index contributed by atoms with van der Waals surface area (Å²) in [4.78, 5) is 3.35. The molecule has 0 spiro atoms. The number of nitrogens with zero attached hydrogens (tertiary/aromatic N) is 1. The summed E-state index contributed by atoms with van der Waals surface area (Å²) in [5.41, 5.74) is 3.65. The highest BCUT2D eigenvalue weighted by molar-refractivity contribution is 7.80. The highest BCUT2D eigenvalue weighted by Gasteiger charge is 2.15. The highest BCUT2D eigenvalue weighted by atomic mass is 32.1. The first-order chi connectivity index (χ1) is 9.84. The first-order valence-electron chi connectivity index (χ1n) is 7.29. The van der Waals surface area contributed by atoms with Crippen molar-refractivity contribution in [2.75, 3.05) is 13.1 Å². The SMILES string of the molecule is S=C(c1cccc(-c2ccccc2)c1)N1CCCCC1. The van der Waals surface area contributed by atoms with Gasteiger partial charge in [-0.25, -0.2) is 0 Å². The molecule has 2 aromatic carbocycles. The van der Waals surface area contributed by atoms with Crippen molar-refractivity contribution in [3.63, 3.8) is 0 Å². The fraction of sp³-hybridized carbons (Fsp3) is 0.278. The summed E-state index contributed by atoms with van der Waals surface area (Å²) in [7, 11) is 0. The molecule has 0 amide bonds. The molecule has 102 valence electrons. The summed E-state index contributed by atoms with van der Waals surface area (Å²) >= 11 is 5.68. The van der Waals surface area contributed by atoms with E-state index in [4.69, 9.17) is 12.2 Å². The van der Waals surface area contributed by atoms with Crippen molar-refractivity contribution in [2.24, 2.45) is 0 Å². The van der Waals surface area contributed by atoms with Gasteiger partial charge in [0, 0.05) is 18.7 Å². The number of likely N-dealkylation sites (tertiary alicyclic amines) is 1. The first-order valence-corrected chi connectivity index (χ1v) is 7.70. The molecule has 1 saturated heterocycles. The van der Waals surface area contributed by atoms with E-state index < -0.39 is 0 Å². The zero-order valence-electron chi connectivity index (χ0n) is 11.6. The Hall–Kier alpha value is -1.67. The molecule has 1 nitrogen and oxygen atoms in total. The number of rotatable bonds is 2. The minimum absolute atomic E-state index is 1.00. The van der Waals surface area contributed by atoms with Crippen molar-refractivity contribution >= 4 is 17.2 Å². The van der Waals surface area contributed by atoms with Crippen molar-refractivity contribution in [3.05, 3.63) is 60.2 Å². The van der Waals surface area contributed by atoms with Crippen molar-refractivity contribution in [1.29, 1.82) is 0 Å². The molecular formula is C18H19NS. The molecule has 20 heavy (non-hydrogen) atoms. The third-order valence-electron chi connectivity index (χ3n) is 3.86. The number of piperidine rings is 1. The molecule has 1 fully saturated rings. The van der Waals surface area contributed by atoms with Crippen LogP contribution in [0.1, 0.15) is 24.8 Å². The zero-order chi connectivity index (χ0) is 13.8. The van der Waals surface area contributed by atoms with Crippen LogP contribution in [0.5, 0.6) is 0 Å². The van der Waals surface area contributed by atoms with Gasteiger partial charge in [-0.1, -0.05) is 60.7 Å². The molecule has 3 rings (SSSR count). The topological polar surface area (TPSA) is 3.24 Å². The summed E-state index contributed by atoms with van der Waals surface area (Å²) in [6.45, 7) is 2.21. The summed E-state index contributed by atoms with van der Waals surface area (Å²) in [6.07, 6.45) is 3.86. The average molecular weight is 281 g/mol. The molecule has 2 heteroatoms. The Morgan fingerprint density at radius 1 is 0.800 bits per heavy atom. The van der Waals surface area contributed by atoms with Gasteiger partial charge >= 0.3 is 0 Å². The van der Waals surface area contributed by atoms with Crippen LogP contribution in [0.15, 0.2) is 54.6 Å². The van der Waals surface area contributed by atoms with Crippen LogP contribution >= 0.6 is 12.2 Å². The lowest BCUT2D eigenvalue weighted by Crippen LogP contribution is -2.34. The Morgan fingerprint density at radius 2 is 1.50 bits per heavy atom.